The molecule has 1 aromatic carbocycles. The molecule has 11 heteroatoms. The summed E-state index contributed by atoms with van der Waals surface area (Å²) >= 11 is 0. The van der Waals surface area contributed by atoms with Crippen LogP contribution < -0.4 is 10.6 Å². The first-order chi connectivity index (χ1) is 18.5. The van der Waals surface area contributed by atoms with Crippen LogP contribution in [0.1, 0.15) is 34.5 Å². The molecule has 6 rings (SSSR count). The largest absolute Gasteiger partial charge is 0.341 e. The summed E-state index contributed by atoms with van der Waals surface area (Å²) in [5.41, 5.74) is 3.74. The molecule has 1 aliphatic carbocycles. The Hall–Kier alpha value is -5.24. The highest BCUT2D eigenvalue weighted by molar-refractivity contribution is 6.04. The molecule has 0 saturated heterocycles. The Morgan fingerprint density at radius 3 is 2.79 bits per heavy atom. The lowest BCUT2D eigenvalue weighted by Gasteiger charge is -2.15. The number of halogens is 1. The lowest BCUT2D eigenvalue weighted by Crippen LogP contribution is -2.15. The normalized spacial score (nSPS) is 13.6. The van der Waals surface area contributed by atoms with Crippen LogP contribution in [-0.2, 0) is 5.41 Å². The van der Waals surface area contributed by atoms with Crippen LogP contribution in [-0.4, -0.2) is 35.8 Å². The summed E-state index contributed by atoms with van der Waals surface area (Å²) in [6.45, 7) is 1.63. The zero-order chi connectivity index (χ0) is 26.3. The van der Waals surface area contributed by atoms with Gasteiger partial charge in [0.1, 0.15) is 29.2 Å². The minimum Gasteiger partial charge on any atom is -0.341 e. The van der Waals surface area contributed by atoms with E-state index in [2.05, 4.69) is 46.6 Å². The van der Waals surface area contributed by atoms with Crippen LogP contribution in [0.4, 0.5) is 21.6 Å². The third-order valence-corrected chi connectivity index (χ3v) is 6.62. The van der Waals surface area contributed by atoms with E-state index >= 15 is 0 Å². The van der Waals surface area contributed by atoms with Crippen molar-refractivity contribution in [1.29, 1.82) is 5.26 Å². The second-order valence-corrected chi connectivity index (χ2v) is 9.06. The monoisotopic (exact) mass is 505 g/mol. The molecule has 186 valence electrons. The number of imidazole rings is 1. The number of amides is 1. The number of nitrogens with one attached hydrogen (secondary N) is 3. The van der Waals surface area contributed by atoms with Gasteiger partial charge in [0.2, 0.25) is 0 Å². The van der Waals surface area contributed by atoms with E-state index in [0.717, 1.165) is 12.8 Å². The van der Waals surface area contributed by atoms with Crippen LogP contribution in [0, 0.1) is 24.1 Å². The SMILES string of the molecule is Cc1c(F)cc(NC(=O)c2ccnc(C3(C#N)CC3)c2)cc1Nc1ncccc1-c1ncnc2nc[nH]c12. The highest BCUT2D eigenvalue weighted by Crippen LogP contribution is 2.46. The summed E-state index contributed by atoms with van der Waals surface area (Å²) in [6.07, 6.45) is 7.52. The summed E-state index contributed by atoms with van der Waals surface area (Å²) in [5, 5.41) is 15.4. The Balaban J connectivity index is 1.31. The summed E-state index contributed by atoms with van der Waals surface area (Å²) < 4.78 is 15.0. The maximum absolute atomic E-state index is 15.0. The number of nitrogens with zero attached hydrogens (tertiary/aromatic N) is 6. The number of anilines is 3. The number of H-pyrrole nitrogens is 1. The fraction of sp³-hybridized carbons (Fsp3) is 0.148. The van der Waals surface area contributed by atoms with E-state index in [4.69, 9.17) is 0 Å². The quantitative estimate of drug-likeness (QED) is 0.298. The topological polar surface area (TPSA) is 145 Å². The first-order valence-electron chi connectivity index (χ1n) is 11.8. The number of hydrogen-bond acceptors (Lipinski definition) is 8. The predicted octanol–water partition coefficient (Wildman–Crippen LogP) is 4.81. The Morgan fingerprint density at radius 2 is 1.97 bits per heavy atom. The Labute approximate surface area is 216 Å². The van der Waals surface area contributed by atoms with Crippen LogP contribution in [0.2, 0.25) is 0 Å². The fourth-order valence-corrected chi connectivity index (χ4v) is 4.26. The molecule has 5 aromatic rings. The van der Waals surface area contributed by atoms with Crippen LogP contribution in [0.5, 0.6) is 0 Å². The fourth-order valence-electron chi connectivity index (χ4n) is 4.26. The van der Waals surface area contributed by atoms with E-state index in [1.807, 2.05) is 6.07 Å². The van der Waals surface area contributed by atoms with Gasteiger partial charge in [0, 0.05) is 40.5 Å². The van der Waals surface area contributed by atoms with Crippen molar-refractivity contribution in [1.82, 2.24) is 29.9 Å². The number of aromatic nitrogens is 6. The van der Waals surface area contributed by atoms with Gasteiger partial charge in [0.15, 0.2) is 5.65 Å². The van der Waals surface area contributed by atoms with Gasteiger partial charge in [-0.25, -0.2) is 24.3 Å². The van der Waals surface area contributed by atoms with Gasteiger partial charge in [-0.2, -0.15) is 5.26 Å². The minimum absolute atomic E-state index is 0.260. The lowest BCUT2D eigenvalue weighted by atomic mass is 10.0. The molecule has 0 unspecified atom stereocenters. The maximum atomic E-state index is 15.0. The van der Waals surface area contributed by atoms with E-state index in [-0.39, 0.29) is 5.69 Å². The van der Waals surface area contributed by atoms with Gasteiger partial charge < -0.3 is 15.6 Å². The van der Waals surface area contributed by atoms with Crippen LogP contribution in [0.3, 0.4) is 0 Å². The van der Waals surface area contributed by atoms with E-state index in [1.54, 1.807) is 37.4 Å². The summed E-state index contributed by atoms with van der Waals surface area (Å²) in [7, 11) is 0. The zero-order valence-electron chi connectivity index (χ0n) is 20.2. The molecule has 0 bridgehead atoms. The number of carbonyl (C=O) groups is 1. The predicted molar refractivity (Wildman–Crippen MR) is 138 cm³/mol. The number of carbonyl (C=O) groups excluding carboxylic acids is 1. The number of benzene rings is 1. The molecule has 0 aliphatic heterocycles. The standard InChI is InChI=1S/C27H20FN9O/c1-15-19(28)10-17(36-26(38)16-4-8-30-21(9-16)27(12-29)5-6-27)11-20(15)37-24-18(3-2-7-31-24)22-23-25(34-13-32-22)35-14-33-23/h2-4,7-11,13-14H,5-6H2,1H3,(H,31,37)(H,36,38)(H,32,33,34,35). The van der Waals surface area contributed by atoms with Gasteiger partial charge in [0.25, 0.3) is 5.91 Å². The minimum atomic E-state index is -0.616. The van der Waals surface area contributed by atoms with Gasteiger partial charge in [-0.3, -0.25) is 9.78 Å². The second-order valence-electron chi connectivity index (χ2n) is 9.06. The molecule has 38 heavy (non-hydrogen) atoms. The van der Waals surface area contributed by atoms with Crippen molar-refractivity contribution in [2.45, 2.75) is 25.2 Å². The van der Waals surface area contributed by atoms with Crippen molar-refractivity contribution in [3.8, 4) is 17.3 Å². The van der Waals surface area contributed by atoms with E-state index < -0.39 is 17.1 Å². The van der Waals surface area contributed by atoms with Crippen LogP contribution in [0.15, 0.2) is 61.4 Å². The first kappa shape index (κ1) is 23.2. The molecular weight excluding hydrogens is 485 g/mol. The average molecular weight is 506 g/mol. The number of fused-ring (bicyclic) bond motifs is 1. The molecule has 0 radical (unpaired) electrons. The summed E-state index contributed by atoms with van der Waals surface area (Å²) in [5.74, 6) is -0.492. The lowest BCUT2D eigenvalue weighted by molar-refractivity contribution is 0.102. The molecule has 1 amide bonds. The van der Waals surface area contributed by atoms with Gasteiger partial charge in [-0.05, 0) is 56.2 Å². The highest BCUT2D eigenvalue weighted by Gasteiger charge is 2.46. The number of hydrogen-bond donors (Lipinski definition) is 3. The Kier molecular flexibility index (Phi) is 5.49. The van der Waals surface area contributed by atoms with Crippen LogP contribution >= 0.6 is 0 Å². The summed E-state index contributed by atoms with van der Waals surface area (Å²) in [4.78, 5) is 37.5. The first-order valence-corrected chi connectivity index (χ1v) is 11.8. The average Bonchev–Trinajstić information content (AvgIpc) is 3.60. The molecule has 3 N–H and O–H groups in total. The van der Waals surface area contributed by atoms with Crippen molar-refractivity contribution < 1.29 is 9.18 Å². The molecule has 0 atom stereocenters. The van der Waals surface area contributed by atoms with Crippen LogP contribution in [0.25, 0.3) is 22.4 Å². The van der Waals surface area contributed by atoms with E-state index in [1.165, 1.54) is 24.9 Å². The van der Waals surface area contributed by atoms with Gasteiger partial charge in [-0.1, -0.05) is 0 Å². The highest BCUT2D eigenvalue weighted by atomic mass is 19.1. The number of rotatable bonds is 6. The molecule has 10 nitrogen and oxygen atoms in total. The smallest absolute Gasteiger partial charge is 0.255 e. The summed E-state index contributed by atoms with van der Waals surface area (Å²) in [6, 6.07) is 12.0. The van der Waals surface area contributed by atoms with Crippen molar-refractivity contribution in [3.63, 3.8) is 0 Å². The Bertz CT molecular complexity index is 1750. The van der Waals surface area contributed by atoms with Gasteiger partial charge >= 0.3 is 0 Å². The molecule has 4 heterocycles. The molecule has 1 fully saturated rings. The maximum Gasteiger partial charge on any atom is 0.255 e. The molecular formula is C27H20FN9O. The third kappa shape index (κ3) is 4.08. The molecule has 1 saturated carbocycles. The van der Waals surface area contributed by atoms with Gasteiger partial charge in [-0.15, -0.1) is 0 Å². The van der Waals surface area contributed by atoms with Crippen molar-refractivity contribution in [2.24, 2.45) is 0 Å². The molecule has 4 aromatic heterocycles. The van der Waals surface area contributed by atoms with Crippen molar-refractivity contribution in [3.05, 3.63) is 84.1 Å². The zero-order valence-corrected chi connectivity index (χ0v) is 20.2. The van der Waals surface area contributed by atoms with Crippen molar-refractivity contribution >= 4 is 34.3 Å². The number of nitriles is 1. The second kappa shape index (κ2) is 9.01. The number of aromatic amines is 1. The van der Waals surface area contributed by atoms with Crippen molar-refractivity contribution in [2.75, 3.05) is 10.6 Å². The van der Waals surface area contributed by atoms with Gasteiger partial charge in [0.05, 0.1) is 23.5 Å². The third-order valence-electron chi connectivity index (χ3n) is 6.62. The van der Waals surface area contributed by atoms with E-state index in [0.29, 0.717) is 50.7 Å². The molecule has 1 aliphatic rings. The van der Waals surface area contributed by atoms with E-state index in [9.17, 15) is 14.4 Å². The number of pyridine rings is 2. The molecule has 0 spiro atoms. The Morgan fingerprint density at radius 1 is 1.11 bits per heavy atom.